The van der Waals surface area contributed by atoms with Crippen molar-refractivity contribution < 1.29 is 4.39 Å². The third-order valence-electron chi connectivity index (χ3n) is 4.31. The van der Waals surface area contributed by atoms with Crippen LogP contribution in [0.15, 0.2) is 10.5 Å². The summed E-state index contributed by atoms with van der Waals surface area (Å²) in [4.78, 5) is 4.91. The number of halogens is 2. The summed E-state index contributed by atoms with van der Waals surface area (Å²) in [5.74, 6) is -0.150. The van der Waals surface area contributed by atoms with Gasteiger partial charge in [-0.15, -0.1) is 0 Å². The smallest absolute Gasteiger partial charge is 0.137 e. The third-order valence-corrected chi connectivity index (χ3v) is 5.28. The molecule has 1 aliphatic heterocycles. The van der Waals surface area contributed by atoms with E-state index in [1.165, 1.54) is 31.7 Å². The predicted octanol–water partition coefficient (Wildman–Crippen LogP) is 3.39. The topological polar surface area (TPSA) is 6.48 Å². The van der Waals surface area contributed by atoms with E-state index < -0.39 is 0 Å². The number of likely N-dealkylation sites (N-methyl/N-ethyl adjacent to an activating group) is 1. The Morgan fingerprint density at radius 1 is 1.20 bits per heavy atom. The van der Waals surface area contributed by atoms with Gasteiger partial charge >= 0.3 is 0 Å². The van der Waals surface area contributed by atoms with Gasteiger partial charge in [0.1, 0.15) is 5.82 Å². The van der Waals surface area contributed by atoms with E-state index in [1.54, 1.807) is 6.07 Å². The van der Waals surface area contributed by atoms with E-state index >= 15 is 0 Å². The maximum absolute atomic E-state index is 13.6. The SMILES string of the molecule is Cc1cc(F)c(Br)c(C)c1CCCN1CCN(C)CC1. The van der Waals surface area contributed by atoms with Crippen LogP contribution in [-0.2, 0) is 6.42 Å². The molecule has 0 bridgehead atoms. The third kappa shape index (κ3) is 3.80. The van der Waals surface area contributed by atoms with Gasteiger partial charge in [0.05, 0.1) is 4.47 Å². The van der Waals surface area contributed by atoms with Crippen LogP contribution in [-0.4, -0.2) is 49.6 Å². The van der Waals surface area contributed by atoms with Crippen LogP contribution in [0.4, 0.5) is 4.39 Å². The maximum atomic E-state index is 13.6. The van der Waals surface area contributed by atoms with Crippen LogP contribution in [0.2, 0.25) is 0 Å². The first-order chi connectivity index (χ1) is 9.49. The molecule has 1 fully saturated rings. The minimum absolute atomic E-state index is 0.150. The van der Waals surface area contributed by atoms with Crippen LogP contribution in [0, 0.1) is 19.7 Å². The molecule has 2 nitrogen and oxygen atoms in total. The molecule has 0 N–H and O–H groups in total. The summed E-state index contributed by atoms with van der Waals surface area (Å²) in [6.07, 6.45) is 2.17. The molecule has 1 aromatic rings. The summed E-state index contributed by atoms with van der Waals surface area (Å²) in [7, 11) is 2.18. The summed E-state index contributed by atoms with van der Waals surface area (Å²) < 4.78 is 14.2. The van der Waals surface area contributed by atoms with Crippen LogP contribution in [0.3, 0.4) is 0 Å². The number of nitrogens with zero attached hydrogens (tertiary/aromatic N) is 2. The van der Waals surface area contributed by atoms with Crippen molar-refractivity contribution in [3.05, 3.63) is 33.0 Å². The lowest BCUT2D eigenvalue weighted by molar-refractivity contribution is 0.153. The molecule has 0 aromatic heterocycles. The van der Waals surface area contributed by atoms with Gasteiger partial charge in [-0.3, -0.25) is 0 Å². The van der Waals surface area contributed by atoms with E-state index in [2.05, 4.69) is 32.8 Å². The second kappa shape index (κ2) is 7.01. The van der Waals surface area contributed by atoms with Crippen molar-refractivity contribution in [2.45, 2.75) is 26.7 Å². The van der Waals surface area contributed by atoms with Crippen molar-refractivity contribution in [2.24, 2.45) is 0 Å². The van der Waals surface area contributed by atoms with E-state index in [4.69, 9.17) is 0 Å². The second-order valence-electron chi connectivity index (χ2n) is 5.84. The zero-order chi connectivity index (χ0) is 14.7. The zero-order valence-electron chi connectivity index (χ0n) is 12.7. The highest BCUT2D eigenvalue weighted by atomic mass is 79.9. The molecule has 2 rings (SSSR count). The predicted molar refractivity (Wildman–Crippen MR) is 85.8 cm³/mol. The quantitative estimate of drug-likeness (QED) is 0.827. The standard InChI is InChI=1S/C16H24BrFN2/c1-12-11-15(18)16(17)13(2)14(12)5-4-6-20-9-7-19(3)8-10-20/h11H,4-10H2,1-3H3. The summed E-state index contributed by atoms with van der Waals surface area (Å²) in [5.41, 5.74) is 3.43. The molecule has 1 saturated heterocycles. The van der Waals surface area contributed by atoms with Gasteiger partial charge in [-0.1, -0.05) is 0 Å². The molecule has 0 spiro atoms. The van der Waals surface area contributed by atoms with Crippen molar-refractivity contribution in [1.29, 1.82) is 0 Å². The van der Waals surface area contributed by atoms with Gasteiger partial charge in [-0.25, -0.2) is 4.39 Å². The van der Waals surface area contributed by atoms with Crippen LogP contribution >= 0.6 is 15.9 Å². The lowest BCUT2D eigenvalue weighted by atomic mass is 9.98. The summed E-state index contributed by atoms with van der Waals surface area (Å²) in [6, 6.07) is 1.64. The number of benzene rings is 1. The Kier molecular flexibility index (Phi) is 5.58. The molecular weight excluding hydrogens is 319 g/mol. The average Bonchev–Trinajstić information content (AvgIpc) is 2.42. The van der Waals surface area contributed by atoms with E-state index in [9.17, 15) is 4.39 Å². The minimum Gasteiger partial charge on any atom is -0.304 e. The van der Waals surface area contributed by atoms with Gasteiger partial charge < -0.3 is 9.80 Å². The Bertz CT molecular complexity index is 468. The lowest BCUT2D eigenvalue weighted by Gasteiger charge is -2.32. The van der Waals surface area contributed by atoms with Crippen molar-refractivity contribution in [1.82, 2.24) is 9.80 Å². The van der Waals surface area contributed by atoms with Crippen LogP contribution < -0.4 is 0 Å². The first-order valence-electron chi connectivity index (χ1n) is 7.34. The second-order valence-corrected chi connectivity index (χ2v) is 6.63. The van der Waals surface area contributed by atoms with Crippen LogP contribution in [0.1, 0.15) is 23.1 Å². The van der Waals surface area contributed by atoms with Gasteiger partial charge in [0.2, 0.25) is 0 Å². The molecule has 0 atom stereocenters. The van der Waals surface area contributed by atoms with Crippen molar-refractivity contribution in [3.63, 3.8) is 0 Å². The Hall–Kier alpha value is -0.450. The Labute approximate surface area is 130 Å². The number of piperazine rings is 1. The van der Waals surface area contributed by atoms with Gasteiger partial charge in [-0.05, 0) is 79.0 Å². The fourth-order valence-electron chi connectivity index (χ4n) is 2.88. The van der Waals surface area contributed by atoms with Crippen molar-refractivity contribution in [2.75, 3.05) is 39.8 Å². The number of aryl methyl sites for hydroxylation is 1. The zero-order valence-corrected chi connectivity index (χ0v) is 14.3. The fraction of sp³-hybridized carbons (Fsp3) is 0.625. The van der Waals surface area contributed by atoms with Gasteiger partial charge in [0, 0.05) is 26.2 Å². The highest BCUT2D eigenvalue weighted by Crippen LogP contribution is 2.27. The van der Waals surface area contributed by atoms with E-state index in [-0.39, 0.29) is 5.82 Å². The summed E-state index contributed by atoms with van der Waals surface area (Å²) in [5, 5.41) is 0. The Morgan fingerprint density at radius 2 is 1.85 bits per heavy atom. The van der Waals surface area contributed by atoms with Crippen LogP contribution in [0.5, 0.6) is 0 Å². The molecule has 4 heteroatoms. The molecular formula is C16H24BrFN2. The molecule has 0 radical (unpaired) electrons. The normalized spacial score (nSPS) is 17.6. The Morgan fingerprint density at radius 3 is 2.50 bits per heavy atom. The number of hydrogen-bond donors (Lipinski definition) is 0. The number of hydrogen-bond acceptors (Lipinski definition) is 2. The molecule has 0 saturated carbocycles. The van der Waals surface area contributed by atoms with E-state index in [0.29, 0.717) is 4.47 Å². The monoisotopic (exact) mass is 342 g/mol. The molecule has 0 amide bonds. The molecule has 1 aliphatic rings. The lowest BCUT2D eigenvalue weighted by Crippen LogP contribution is -2.44. The number of rotatable bonds is 4. The molecule has 1 heterocycles. The molecule has 20 heavy (non-hydrogen) atoms. The summed E-state index contributed by atoms with van der Waals surface area (Å²) in [6.45, 7) is 9.82. The van der Waals surface area contributed by atoms with Crippen molar-refractivity contribution >= 4 is 15.9 Å². The maximum Gasteiger partial charge on any atom is 0.137 e. The van der Waals surface area contributed by atoms with Gasteiger partial charge in [0.15, 0.2) is 0 Å². The summed E-state index contributed by atoms with van der Waals surface area (Å²) >= 11 is 3.35. The largest absolute Gasteiger partial charge is 0.304 e. The van der Waals surface area contributed by atoms with Crippen LogP contribution in [0.25, 0.3) is 0 Å². The minimum atomic E-state index is -0.150. The average molecular weight is 343 g/mol. The van der Waals surface area contributed by atoms with Gasteiger partial charge in [-0.2, -0.15) is 0 Å². The van der Waals surface area contributed by atoms with E-state index in [0.717, 1.165) is 30.5 Å². The highest BCUT2D eigenvalue weighted by Gasteiger charge is 2.14. The molecule has 0 unspecified atom stereocenters. The molecule has 0 aliphatic carbocycles. The fourth-order valence-corrected chi connectivity index (χ4v) is 3.24. The Balaban J connectivity index is 1.90. The highest BCUT2D eigenvalue weighted by molar-refractivity contribution is 9.10. The molecule has 1 aromatic carbocycles. The molecule has 112 valence electrons. The van der Waals surface area contributed by atoms with Crippen molar-refractivity contribution in [3.8, 4) is 0 Å². The van der Waals surface area contributed by atoms with E-state index in [1.807, 2.05) is 13.8 Å². The van der Waals surface area contributed by atoms with Gasteiger partial charge in [0.25, 0.3) is 0 Å². The first kappa shape index (κ1) is 15.9. The first-order valence-corrected chi connectivity index (χ1v) is 8.13.